The highest BCUT2D eigenvalue weighted by Gasteiger charge is 2.21. The van der Waals surface area contributed by atoms with Crippen molar-refractivity contribution >= 4 is 12.0 Å². The molecule has 0 fully saturated rings. The number of benzene rings is 2. The summed E-state index contributed by atoms with van der Waals surface area (Å²) in [6.45, 7) is 4.18. The maximum atomic E-state index is 13.1. The zero-order valence-corrected chi connectivity index (χ0v) is 16.0. The first-order valence-corrected chi connectivity index (χ1v) is 9.01. The van der Waals surface area contributed by atoms with E-state index in [0.717, 1.165) is 11.1 Å². The summed E-state index contributed by atoms with van der Waals surface area (Å²) in [7, 11) is 1.50. The van der Waals surface area contributed by atoms with Crippen molar-refractivity contribution in [3.05, 3.63) is 95.6 Å². The summed E-state index contributed by atoms with van der Waals surface area (Å²) in [5.41, 5.74) is 2.29. The second-order valence-electron chi connectivity index (χ2n) is 6.21. The number of aromatic nitrogens is 1. The standard InChI is InChI=1S/C23H21FN2O3/c1-3-19-13-20(28-2)22(29-15-17-7-5-4-6-8-17)21(26-19)23(27)25-14-16-9-11-18(24)12-10-16/h3-13H,1,14-15H2,2H3,(H,25,27). The fourth-order valence-electron chi connectivity index (χ4n) is 2.68. The number of nitrogens with one attached hydrogen (secondary N) is 1. The van der Waals surface area contributed by atoms with E-state index in [9.17, 15) is 9.18 Å². The first kappa shape index (κ1) is 20.1. The van der Waals surface area contributed by atoms with Crippen molar-refractivity contribution in [3.8, 4) is 11.5 Å². The molecule has 3 rings (SSSR count). The number of hydrogen-bond acceptors (Lipinski definition) is 4. The number of carbonyl (C=O) groups excluding carboxylic acids is 1. The van der Waals surface area contributed by atoms with Gasteiger partial charge in [-0.25, -0.2) is 9.37 Å². The number of hydrogen-bond donors (Lipinski definition) is 1. The molecule has 1 aromatic heterocycles. The predicted molar refractivity (Wildman–Crippen MR) is 109 cm³/mol. The Balaban J connectivity index is 1.84. The Morgan fingerprint density at radius 2 is 1.86 bits per heavy atom. The van der Waals surface area contributed by atoms with Crippen molar-refractivity contribution < 1.29 is 18.7 Å². The second-order valence-corrected chi connectivity index (χ2v) is 6.21. The third-order valence-electron chi connectivity index (χ3n) is 4.20. The van der Waals surface area contributed by atoms with Crippen molar-refractivity contribution in [2.24, 2.45) is 0 Å². The molecule has 5 nitrogen and oxygen atoms in total. The number of halogens is 1. The molecule has 0 radical (unpaired) electrons. The quantitative estimate of drug-likeness (QED) is 0.618. The van der Waals surface area contributed by atoms with Gasteiger partial charge in [0, 0.05) is 12.6 Å². The average Bonchev–Trinajstić information content (AvgIpc) is 2.77. The lowest BCUT2D eigenvalue weighted by Crippen LogP contribution is -2.25. The van der Waals surface area contributed by atoms with Gasteiger partial charge in [-0.2, -0.15) is 0 Å². The molecule has 0 saturated carbocycles. The van der Waals surface area contributed by atoms with Crippen LogP contribution in [0.5, 0.6) is 11.5 Å². The molecule has 0 aliphatic carbocycles. The molecule has 0 aliphatic heterocycles. The Morgan fingerprint density at radius 1 is 1.14 bits per heavy atom. The Kier molecular flexibility index (Phi) is 6.58. The van der Waals surface area contributed by atoms with E-state index in [1.165, 1.54) is 25.3 Å². The highest BCUT2D eigenvalue weighted by Crippen LogP contribution is 2.32. The van der Waals surface area contributed by atoms with Crippen molar-refractivity contribution in [1.29, 1.82) is 0 Å². The maximum absolute atomic E-state index is 13.1. The van der Waals surface area contributed by atoms with Crippen LogP contribution in [0.4, 0.5) is 4.39 Å². The molecule has 0 atom stereocenters. The van der Waals surface area contributed by atoms with Gasteiger partial charge >= 0.3 is 0 Å². The van der Waals surface area contributed by atoms with Gasteiger partial charge in [-0.05, 0) is 29.3 Å². The summed E-state index contributed by atoms with van der Waals surface area (Å²) in [6, 6.07) is 17.1. The minimum absolute atomic E-state index is 0.0947. The fraction of sp³-hybridized carbons (Fsp3) is 0.130. The van der Waals surface area contributed by atoms with Gasteiger partial charge in [-0.15, -0.1) is 0 Å². The lowest BCUT2D eigenvalue weighted by molar-refractivity contribution is 0.0939. The van der Waals surface area contributed by atoms with Crippen molar-refractivity contribution in [1.82, 2.24) is 10.3 Å². The minimum Gasteiger partial charge on any atom is -0.493 e. The van der Waals surface area contributed by atoms with Gasteiger partial charge in [0.05, 0.1) is 12.8 Å². The summed E-state index contributed by atoms with van der Waals surface area (Å²) in [5.74, 6) is -0.127. The number of amides is 1. The molecule has 0 unspecified atom stereocenters. The van der Waals surface area contributed by atoms with E-state index in [0.29, 0.717) is 11.4 Å². The highest BCUT2D eigenvalue weighted by atomic mass is 19.1. The SMILES string of the molecule is C=Cc1cc(OC)c(OCc2ccccc2)c(C(=O)NCc2ccc(F)cc2)n1. The minimum atomic E-state index is -0.431. The van der Waals surface area contributed by atoms with Crippen LogP contribution >= 0.6 is 0 Å². The van der Waals surface area contributed by atoms with Crippen molar-refractivity contribution in [3.63, 3.8) is 0 Å². The lowest BCUT2D eigenvalue weighted by atomic mass is 10.2. The molecule has 29 heavy (non-hydrogen) atoms. The Hall–Kier alpha value is -3.67. The van der Waals surface area contributed by atoms with Crippen LogP contribution in [-0.4, -0.2) is 18.0 Å². The summed E-state index contributed by atoms with van der Waals surface area (Å²) >= 11 is 0. The maximum Gasteiger partial charge on any atom is 0.274 e. The molecule has 0 saturated heterocycles. The molecule has 1 amide bonds. The fourth-order valence-corrected chi connectivity index (χ4v) is 2.68. The van der Waals surface area contributed by atoms with Gasteiger partial charge in [0.25, 0.3) is 5.91 Å². The Morgan fingerprint density at radius 3 is 2.52 bits per heavy atom. The zero-order chi connectivity index (χ0) is 20.6. The van der Waals surface area contributed by atoms with Crippen LogP contribution in [0.15, 0.2) is 67.2 Å². The average molecular weight is 392 g/mol. The van der Waals surface area contributed by atoms with Crippen LogP contribution in [0.2, 0.25) is 0 Å². The summed E-state index contributed by atoms with van der Waals surface area (Å²) < 4.78 is 24.4. The first-order chi connectivity index (χ1) is 14.1. The number of ether oxygens (including phenoxy) is 2. The predicted octanol–water partition coefficient (Wildman–Crippen LogP) is 4.38. The first-order valence-electron chi connectivity index (χ1n) is 9.01. The molecule has 2 aromatic carbocycles. The topological polar surface area (TPSA) is 60.5 Å². The van der Waals surface area contributed by atoms with E-state index >= 15 is 0 Å². The molecule has 148 valence electrons. The van der Waals surface area contributed by atoms with Crippen LogP contribution in [-0.2, 0) is 13.2 Å². The number of methoxy groups -OCH3 is 1. The molecule has 6 heteroatoms. The van der Waals surface area contributed by atoms with Crippen LogP contribution in [0.25, 0.3) is 6.08 Å². The van der Waals surface area contributed by atoms with Gasteiger partial charge in [-0.1, -0.05) is 49.0 Å². The summed E-state index contributed by atoms with van der Waals surface area (Å²) in [5, 5.41) is 2.78. The van der Waals surface area contributed by atoms with Crippen LogP contribution in [0.3, 0.4) is 0 Å². The van der Waals surface area contributed by atoms with E-state index in [-0.39, 0.29) is 30.4 Å². The molecule has 0 aliphatic rings. The summed E-state index contributed by atoms with van der Waals surface area (Å²) in [4.78, 5) is 17.2. The Labute approximate surface area is 168 Å². The van der Waals surface area contributed by atoms with E-state index in [2.05, 4.69) is 16.9 Å². The van der Waals surface area contributed by atoms with Crippen LogP contribution < -0.4 is 14.8 Å². The van der Waals surface area contributed by atoms with Gasteiger partial charge in [-0.3, -0.25) is 4.79 Å². The monoisotopic (exact) mass is 392 g/mol. The summed E-state index contributed by atoms with van der Waals surface area (Å²) in [6.07, 6.45) is 1.53. The van der Waals surface area contributed by atoms with E-state index < -0.39 is 5.91 Å². The molecular formula is C23H21FN2O3. The number of nitrogens with zero attached hydrogens (tertiary/aromatic N) is 1. The largest absolute Gasteiger partial charge is 0.493 e. The smallest absolute Gasteiger partial charge is 0.274 e. The van der Waals surface area contributed by atoms with Gasteiger partial charge < -0.3 is 14.8 Å². The second kappa shape index (κ2) is 9.50. The molecule has 0 bridgehead atoms. The zero-order valence-electron chi connectivity index (χ0n) is 16.0. The van der Waals surface area contributed by atoms with Gasteiger partial charge in [0.15, 0.2) is 17.2 Å². The highest BCUT2D eigenvalue weighted by molar-refractivity contribution is 5.96. The molecule has 0 spiro atoms. The normalized spacial score (nSPS) is 10.3. The van der Waals surface area contributed by atoms with Crippen molar-refractivity contribution in [2.75, 3.05) is 7.11 Å². The van der Waals surface area contributed by atoms with Crippen molar-refractivity contribution in [2.45, 2.75) is 13.2 Å². The van der Waals surface area contributed by atoms with Gasteiger partial charge in [0.2, 0.25) is 0 Å². The third-order valence-corrected chi connectivity index (χ3v) is 4.20. The van der Waals surface area contributed by atoms with Crippen LogP contribution in [0, 0.1) is 5.82 Å². The Bertz CT molecular complexity index is 989. The van der Waals surface area contributed by atoms with Gasteiger partial charge in [0.1, 0.15) is 12.4 Å². The van der Waals surface area contributed by atoms with E-state index in [1.807, 2.05) is 30.3 Å². The molecule has 3 aromatic rings. The van der Waals surface area contributed by atoms with Crippen LogP contribution in [0.1, 0.15) is 27.3 Å². The molecule has 1 heterocycles. The number of rotatable bonds is 8. The van der Waals surface area contributed by atoms with E-state index in [1.54, 1.807) is 18.2 Å². The molecular weight excluding hydrogens is 371 g/mol. The number of carbonyl (C=O) groups is 1. The number of pyridine rings is 1. The third kappa shape index (κ3) is 5.19. The molecule has 1 N–H and O–H groups in total. The lowest BCUT2D eigenvalue weighted by Gasteiger charge is -2.15. The van der Waals surface area contributed by atoms with E-state index in [4.69, 9.17) is 9.47 Å².